The number of halogens is 1. The summed E-state index contributed by atoms with van der Waals surface area (Å²) < 4.78 is 0.872. The van der Waals surface area contributed by atoms with Gasteiger partial charge in [0.1, 0.15) is 5.54 Å². The van der Waals surface area contributed by atoms with Crippen molar-refractivity contribution in [3.8, 4) is 0 Å². The zero-order chi connectivity index (χ0) is 20.3. The molecule has 2 aromatic rings. The molecule has 0 bridgehead atoms. The number of carbonyl (C=O) groups excluding carboxylic acids is 3. The van der Waals surface area contributed by atoms with E-state index in [-0.39, 0.29) is 30.2 Å². The van der Waals surface area contributed by atoms with Crippen molar-refractivity contribution in [2.45, 2.75) is 37.8 Å². The van der Waals surface area contributed by atoms with Crippen molar-refractivity contribution >= 4 is 39.3 Å². The average molecular weight is 454 g/mol. The van der Waals surface area contributed by atoms with Crippen LogP contribution in [0.2, 0.25) is 0 Å². The fraction of sp³-hybridized carbons (Fsp3) is 0.318. The normalized spacial score (nSPS) is 26.8. The molecule has 0 saturated carbocycles. The number of benzene rings is 2. The maximum Gasteiger partial charge on any atom is 0.261 e. The van der Waals surface area contributed by atoms with E-state index in [0.717, 1.165) is 15.6 Å². The van der Waals surface area contributed by atoms with Crippen LogP contribution >= 0.6 is 15.9 Å². The molecule has 0 radical (unpaired) electrons. The number of aryl methyl sites for hydroxylation is 1. The Kier molecular flexibility index (Phi) is 4.15. The number of amides is 3. The van der Waals surface area contributed by atoms with Crippen LogP contribution in [0.25, 0.3) is 0 Å². The van der Waals surface area contributed by atoms with Gasteiger partial charge in [0, 0.05) is 23.9 Å². The molecule has 0 unspecified atom stereocenters. The summed E-state index contributed by atoms with van der Waals surface area (Å²) in [6.45, 7) is 2.60. The Morgan fingerprint density at radius 2 is 1.66 bits per heavy atom. The molecule has 0 N–H and O–H groups in total. The fourth-order valence-corrected chi connectivity index (χ4v) is 5.10. The lowest BCUT2D eigenvalue weighted by atomic mass is 9.87. The predicted molar refractivity (Wildman–Crippen MR) is 111 cm³/mol. The molecule has 3 saturated heterocycles. The Morgan fingerprint density at radius 3 is 2.34 bits per heavy atom. The minimum atomic E-state index is -1.13. The molecule has 3 aliphatic rings. The summed E-state index contributed by atoms with van der Waals surface area (Å²) in [5.74, 6) is -0.653. The minimum absolute atomic E-state index is 0.0203. The number of hydrazine groups is 1. The first-order chi connectivity index (χ1) is 13.9. The molecule has 0 aromatic heterocycles. The standard InChI is InChI=1S/C22H20BrN3O3/c1-14-2-4-15(5-3-14)18-12-22(26-19(27)10-11-24(18)26)13-20(28)25(21(22)29)17-8-6-16(23)7-9-17/h2-9,18H,10-13H2,1H3/t18-,22-/m1/s1. The van der Waals surface area contributed by atoms with Crippen LogP contribution in [0.1, 0.15) is 36.4 Å². The SMILES string of the molecule is Cc1ccc([C@H]2C[C@]3(CC(=O)N(c4ccc(Br)cc4)C3=O)N3C(=O)CCN23)cc1. The molecule has 1 spiro atoms. The number of anilines is 1. The number of imide groups is 1. The first-order valence-electron chi connectivity index (χ1n) is 9.70. The van der Waals surface area contributed by atoms with Crippen molar-refractivity contribution in [3.63, 3.8) is 0 Å². The van der Waals surface area contributed by atoms with Gasteiger partial charge < -0.3 is 0 Å². The van der Waals surface area contributed by atoms with Gasteiger partial charge in [-0.15, -0.1) is 0 Å². The highest BCUT2D eigenvalue weighted by Crippen LogP contribution is 2.51. The van der Waals surface area contributed by atoms with E-state index >= 15 is 0 Å². The van der Waals surface area contributed by atoms with E-state index in [0.29, 0.717) is 25.1 Å². The van der Waals surface area contributed by atoms with Crippen LogP contribution in [-0.4, -0.2) is 39.8 Å². The van der Waals surface area contributed by atoms with E-state index in [4.69, 9.17) is 0 Å². The van der Waals surface area contributed by atoms with Gasteiger partial charge in [0.25, 0.3) is 5.91 Å². The predicted octanol–water partition coefficient (Wildman–Crippen LogP) is 3.35. The van der Waals surface area contributed by atoms with Crippen molar-refractivity contribution < 1.29 is 14.4 Å². The number of hydrogen-bond acceptors (Lipinski definition) is 4. The number of hydrogen-bond donors (Lipinski definition) is 0. The zero-order valence-electron chi connectivity index (χ0n) is 16.0. The molecule has 3 amide bonds. The van der Waals surface area contributed by atoms with Crippen LogP contribution in [0.15, 0.2) is 53.0 Å². The minimum Gasteiger partial charge on any atom is -0.274 e. The monoisotopic (exact) mass is 453 g/mol. The van der Waals surface area contributed by atoms with Gasteiger partial charge >= 0.3 is 0 Å². The number of rotatable bonds is 2. The number of fused-ring (bicyclic) bond motifs is 2. The van der Waals surface area contributed by atoms with Crippen LogP contribution in [0.3, 0.4) is 0 Å². The van der Waals surface area contributed by atoms with Gasteiger partial charge in [0.05, 0.1) is 18.2 Å². The van der Waals surface area contributed by atoms with Crippen molar-refractivity contribution in [3.05, 3.63) is 64.1 Å². The third-order valence-corrected chi connectivity index (χ3v) is 6.71. The molecule has 2 aromatic carbocycles. The Bertz CT molecular complexity index is 1020. The van der Waals surface area contributed by atoms with Gasteiger partial charge in [-0.05, 0) is 36.8 Å². The third-order valence-electron chi connectivity index (χ3n) is 6.19. The first-order valence-corrected chi connectivity index (χ1v) is 10.5. The highest BCUT2D eigenvalue weighted by molar-refractivity contribution is 9.10. The number of nitrogens with zero attached hydrogens (tertiary/aromatic N) is 3. The van der Waals surface area contributed by atoms with E-state index in [9.17, 15) is 14.4 Å². The van der Waals surface area contributed by atoms with E-state index < -0.39 is 5.54 Å². The summed E-state index contributed by atoms with van der Waals surface area (Å²) >= 11 is 3.38. The van der Waals surface area contributed by atoms with Crippen LogP contribution in [-0.2, 0) is 14.4 Å². The summed E-state index contributed by atoms with van der Waals surface area (Å²) in [5, 5.41) is 3.58. The molecular formula is C22H20BrN3O3. The summed E-state index contributed by atoms with van der Waals surface area (Å²) in [6, 6.07) is 15.2. The number of carbonyl (C=O) groups is 3. The Hall–Kier alpha value is -2.51. The van der Waals surface area contributed by atoms with Gasteiger partial charge in [-0.1, -0.05) is 45.8 Å². The lowest BCUT2D eigenvalue weighted by Crippen LogP contribution is -2.53. The molecule has 7 heteroatoms. The van der Waals surface area contributed by atoms with Crippen LogP contribution in [0, 0.1) is 6.92 Å². The molecule has 6 nitrogen and oxygen atoms in total. The van der Waals surface area contributed by atoms with Crippen molar-refractivity contribution in [1.82, 2.24) is 10.0 Å². The third kappa shape index (κ3) is 2.68. The highest BCUT2D eigenvalue weighted by Gasteiger charge is 2.65. The van der Waals surface area contributed by atoms with Gasteiger partial charge in [-0.25, -0.2) is 9.91 Å². The quantitative estimate of drug-likeness (QED) is 0.654. The van der Waals surface area contributed by atoms with Crippen molar-refractivity contribution in [2.24, 2.45) is 0 Å². The smallest absolute Gasteiger partial charge is 0.261 e. The molecule has 3 fully saturated rings. The molecule has 3 aliphatic heterocycles. The summed E-state index contributed by atoms with van der Waals surface area (Å²) in [5.41, 5.74) is 1.63. The first kappa shape index (κ1) is 18.5. The van der Waals surface area contributed by atoms with E-state index in [2.05, 4.69) is 15.9 Å². The van der Waals surface area contributed by atoms with Crippen LogP contribution < -0.4 is 4.90 Å². The topological polar surface area (TPSA) is 60.9 Å². The largest absolute Gasteiger partial charge is 0.274 e. The van der Waals surface area contributed by atoms with Gasteiger partial charge in [0.15, 0.2) is 0 Å². The molecule has 0 aliphatic carbocycles. The molecule has 2 atom stereocenters. The molecule has 5 rings (SSSR count). The second kappa shape index (κ2) is 6.50. The van der Waals surface area contributed by atoms with E-state index in [1.807, 2.05) is 36.2 Å². The summed E-state index contributed by atoms with van der Waals surface area (Å²) in [4.78, 5) is 40.6. The van der Waals surface area contributed by atoms with E-state index in [1.54, 1.807) is 29.3 Å². The van der Waals surface area contributed by atoms with Crippen LogP contribution in [0.5, 0.6) is 0 Å². The maximum atomic E-state index is 13.6. The summed E-state index contributed by atoms with van der Waals surface area (Å²) in [6.07, 6.45) is 0.815. The maximum absolute atomic E-state index is 13.6. The van der Waals surface area contributed by atoms with Gasteiger partial charge in [-0.2, -0.15) is 0 Å². The molecule has 148 valence electrons. The van der Waals surface area contributed by atoms with Crippen LogP contribution in [0.4, 0.5) is 5.69 Å². The second-order valence-electron chi connectivity index (χ2n) is 7.97. The Labute approximate surface area is 177 Å². The Morgan fingerprint density at radius 1 is 0.966 bits per heavy atom. The molecule has 29 heavy (non-hydrogen) atoms. The van der Waals surface area contributed by atoms with Gasteiger partial charge in [-0.3, -0.25) is 19.4 Å². The average Bonchev–Trinajstić information content (AvgIpc) is 3.31. The lowest BCUT2D eigenvalue weighted by Gasteiger charge is -2.32. The molecular weight excluding hydrogens is 434 g/mol. The highest BCUT2D eigenvalue weighted by atomic mass is 79.9. The summed E-state index contributed by atoms with van der Waals surface area (Å²) in [7, 11) is 0. The lowest BCUT2D eigenvalue weighted by molar-refractivity contribution is -0.151. The van der Waals surface area contributed by atoms with Crippen molar-refractivity contribution in [2.75, 3.05) is 11.4 Å². The van der Waals surface area contributed by atoms with Crippen molar-refractivity contribution in [1.29, 1.82) is 0 Å². The zero-order valence-corrected chi connectivity index (χ0v) is 17.6. The van der Waals surface area contributed by atoms with Gasteiger partial charge in [0.2, 0.25) is 11.8 Å². The molecule has 3 heterocycles. The fourth-order valence-electron chi connectivity index (χ4n) is 4.83. The van der Waals surface area contributed by atoms with E-state index in [1.165, 1.54) is 4.90 Å². The second-order valence-corrected chi connectivity index (χ2v) is 8.88. The Balaban J connectivity index is 1.56.